The van der Waals surface area contributed by atoms with E-state index in [4.69, 9.17) is 33.8 Å². The van der Waals surface area contributed by atoms with Crippen molar-refractivity contribution in [1.82, 2.24) is 19.9 Å². The molecule has 2 saturated heterocycles. The summed E-state index contributed by atoms with van der Waals surface area (Å²) in [6.07, 6.45) is 6.29. The molecule has 2 atom stereocenters. The Morgan fingerprint density at radius 2 is 1.82 bits per heavy atom. The summed E-state index contributed by atoms with van der Waals surface area (Å²) in [5.41, 5.74) is 5.05. The Morgan fingerprint density at radius 3 is 2.60 bits per heavy atom. The zero-order chi connectivity index (χ0) is 27.2. The quantitative estimate of drug-likeness (QED) is 0.215. The SMILES string of the molecule is CC1CCN(c2ccc(N3C(=S)NC(c4ccccn4)C3c3cccn3-c3nc4ccccc4s3)cc2Cl)CC1. The first-order chi connectivity index (χ1) is 19.6. The minimum absolute atomic E-state index is 0.154. The van der Waals surface area contributed by atoms with E-state index in [2.05, 4.69) is 87.4 Å². The van der Waals surface area contributed by atoms with Crippen LogP contribution in [-0.2, 0) is 0 Å². The van der Waals surface area contributed by atoms with Crippen molar-refractivity contribution < 1.29 is 0 Å². The van der Waals surface area contributed by atoms with E-state index in [1.54, 1.807) is 11.3 Å². The molecule has 40 heavy (non-hydrogen) atoms. The molecule has 2 aliphatic rings. The van der Waals surface area contributed by atoms with Gasteiger partial charge in [0.25, 0.3) is 0 Å². The van der Waals surface area contributed by atoms with Crippen LogP contribution in [0.15, 0.2) is 85.2 Å². The van der Waals surface area contributed by atoms with E-state index in [1.165, 1.54) is 12.8 Å². The van der Waals surface area contributed by atoms with Crippen LogP contribution >= 0.6 is 35.2 Å². The number of fused-ring (bicyclic) bond motifs is 1. The number of thiocarbonyl (C=S) groups is 1. The second-order valence-electron chi connectivity index (χ2n) is 10.6. The maximum absolute atomic E-state index is 6.97. The molecular weight excluding hydrogens is 556 g/mol. The number of anilines is 2. The van der Waals surface area contributed by atoms with Gasteiger partial charge in [0.1, 0.15) is 6.04 Å². The van der Waals surface area contributed by atoms with Crippen molar-refractivity contribution in [3.63, 3.8) is 0 Å². The fraction of sp³-hybridized carbons (Fsp3) is 0.258. The summed E-state index contributed by atoms with van der Waals surface area (Å²) in [4.78, 5) is 14.3. The largest absolute Gasteiger partial charge is 0.370 e. The van der Waals surface area contributed by atoms with Crippen LogP contribution in [0.4, 0.5) is 11.4 Å². The maximum Gasteiger partial charge on any atom is 0.194 e. The Kier molecular flexibility index (Phi) is 6.70. The number of hydrogen-bond acceptors (Lipinski definition) is 5. The average molecular weight is 585 g/mol. The van der Waals surface area contributed by atoms with Gasteiger partial charge in [-0.2, -0.15) is 0 Å². The van der Waals surface area contributed by atoms with E-state index in [0.717, 1.165) is 62.1 Å². The van der Waals surface area contributed by atoms with Crippen molar-refractivity contribution >= 4 is 61.9 Å². The third-order valence-corrected chi connectivity index (χ3v) is 9.66. The first-order valence-corrected chi connectivity index (χ1v) is 15.3. The number of benzene rings is 2. The molecule has 7 rings (SSSR count). The lowest BCUT2D eigenvalue weighted by Gasteiger charge is -2.33. The Labute approximate surface area is 248 Å². The summed E-state index contributed by atoms with van der Waals surface area (Å²) in [5.74, 6) is 0.762. The normalized spacial score (nSPS) is 19.9. The average Bonchev–Trinajstić information content (AvgIpc) is 3.70. The van der Waals surface area contributed by atoms with Gasteiger partial charge in [-0.05, 0) is 85.6 Å². The summed E-state index contributed by atoms with van der Waals surface area (Å²) >= 11 is 14.6. The molecule has 0 spiro atoms. The van der Waals surface area contributed by atoms with Gasteiger partial charge in [0, 0.05) is 31.2 Å². The highest BCUT2D eigenvalue weighted by molar-refractivity contribution is 7.80. The molecule has 0 saturated carbocycles. The van der Waals surface area contributed by atoms with Crippen molar-refractivity contribution in [3.05, 3.63) is 102 Å². The number of nitrogens with one attached hydrogen (secondary N) is 1. The minimum Gasteiger partial charge on any atom is -0.370 e. The van der Waals surface area contributed by atoms with Gasteiger partial charge in [0.15, 0.2) is 10.2 Å². The second kappa shape index (κ2) is 10.5. The lowest BCUT2D eigenvalue weighted by atomic mass is 9.98. The zero-order valence-electron chi connectivity index (χ0n) is 22.1. The Balaban J connectivity index is 1.31. The summed E-state index contributed by atoms with van der Waals surface area (Å²) in [6, 6.07) is 24.5. The van der Waals surface area contributed by atoms with Crippen LogP contribution in [0.5, 0.6) is 0 Å². The van der Waals surface area contributed by atoms with E-state index in [-0.39, 0.29) is 12.1 Å². The first kappa shape index (κ1) is 25.5. The zero-order valence-corrected chi connectivity index (χ0v) is 24.5. The molecule has 2 aromatic carbocycles. The predicted octanol–water partition coefficient (Wildman–Crippen LogP) is 7.55. The highest BCUT2D eigenvalue weighted by Crippen LogP contribution is 2.44. The van der Waals surface area contributed by atoms with Gasteiger partial charge in [-0.1, -0.05) is 48.1 Å². The van der Waals surface area contributed by atoms with Crippen LogP contribution in [0, 0.1) is 5.92 Å². The third-order valence-electron chi connectivity index (χ3n) is 8.00. The highest BCUT2D eigenvalue weighted by atomic mass is 35.5. The number of rotatable bonds is 5. The van der Waals surface area contributed by atoms with Gasteiger partial charge in [0.05, 0.1) is 38.4 Å². The van der Waals surface area contributed by atoms with E-state index >= 15 is 0 Å². The van der Waals surface area contributed by atoms with Crippen molar-refractivity contribution in [1.29, 1.82) is 0 Å². The molecule has 0 aliphatic carbocycles. The first-order valence-electron chi connectivity index (χ1n) is 13.6. The molecule has 0 bridgehead atoms. The highest BCUT2D eigenvalue weighted by Gasteiger charge is 2.42. The number of para-hydroxylation sites is 1. The van der Waals surface area contributed by atoms with E-state index in [1.807, 2.05) is 24.4 Å². The molecule has 2 unspecified atom stereocenters. The molecule has 6 nitrogen and oxygen atoms in total. The molecule has 2 aliphatic heterocycles. The Bertz CT molecular complexity index is 1640. The molecule has 5 aromatic rings. The summed E-state index contributed by atoms with van der Waals surface area (Å²) in [5, 5.41) is 5.89. The number of pyridine rings is 1. The van der Waals surface area contributed by atoms with Crippen LogP contribution in [0.3, 0.4) is 0 Å². The van der Waals surface area contributed by atoms with E-state index in [0.29, 0.717) is 5.11 Å². The Hall–Kier alpha value is -3.46. The van der Waals surface area contributed by atoms with Crippen molar-refractivity contribution in [2.45, 2.75) is 31.8 Å². The molecule has 3 aromatic heterocycles. The van der Waals surface area contributed by atoms with Gasteiger partial charge < -0.3 is 15.1 Å². The number of thiazole rings is 1. The van der Waals surface area contributed by atoms with Crippen LogP contribution < -0.4 is 15.1 Å². The lowest BCUT2D eigenvalue weighted by molar-refractivity contribution is 0.438. The fourth-order valence-electron chi connectivity index (χ4n) is 5.86. The molecule has 1 N–H and O–H groups in total. The molecule has 0 radical (unpaired) electrons. The van der Waals surface area contributed by atoms with Gasteiger partial charge in [0.2, 0.25) is 0 Å². The molecule has 5 heterocycles. The third kappa shape index (κ3) is 4.54. The maximum atomic E-state index is 6.97. The van der Waals surface area contributed by atoms with Crippen LogP contribution in [-0.4, -0.2) is 32.7 Å². The number of hydrogen-bond donors (Lipinski definition) is 1. The van der Waals surface area contributed by atoms with Crippen molar-refractivity contribution in [2.24, 2.45) is 5.92 Å². The van der Waals surface area contributed by atoms with Crippen LogP contribution in [0.1, 0.15) is 43.2 Å². The number of aromatic nitrogens is 3. The molecule has 2 fully saturated rings. The topological polar surface area (TPSA) is 49.2 Å². The molecular formula is C31H29ClN6S2. The smallest absolute Gasteiger partial charge is 0.194 e. The number of halogens is 1. The standard InChI is InChI=1S/C31H29ClN6S2/c1-20-13-17-36(18-14-20)25-12-11-21(19-22(25)32)38-29(28(35-30(38)39)24-8-4-5-15-33-24)26-9-6-16-37(26)31-34-23-7-2-3-10-27(23)40-31/h2-12,15-16,19-20,28-29H,13-14,17-18H2,1H3,(H,35,39). The van der Waals surface area contributed by atoms with Gasteiger partial charge in [-0.15, -0.1) is 0 Å². The van der Waals surface area contributed by atoms with Gasteiger partial charge in [-0.3, -0.25) is 9.55 Å². The lowest BCUT2D eigenvalue weighted by Crippen LogP contribution is -2.33. The van der Waals surface area contributed by atoms with Crippen LogP contribution in [0.25, 0.3) is 15.3 Å². The summed E-state index contributed by atoms with van der Waals surface area (Å²) < 4.78 is 3.34. The summed E-state index contributed by atoms with van der Waals surface area (Å²) in [7, 11) is 0. The fourth-order valence-corrected chi connectivity index (χ4v) is 7.47. The minimum atomic E-state index is -0.165. The predicted molar refractivity (Wildman–Crippen MR) is 169 cm³/mol. The number of nitrogens with zero attached hydrogens (tertiary/aromatic N) is 5. The van der Waals surface area contributed by atoms with Gasteiger partial charge >= 0.3 is 0 Å². The van der Waals surface area contributed by atoms with E-state index < -0.39 is 0 Å². The van der Waals surface area contributed by atoms with Gasteiger partial charge in [-0.25, -0.2) is 4.98 Å². The van der Waals surface area contributed by atoms with Crippen molar-refractivity contribution in [2.75, 3.05) is 22.9 Å². The second-order valence-corrected chi connectivity index (χ2v) is 12.4. The van der Waals surface area contributed by atoms with E-state index in [9.17, 15) is 0 Å². The Morgan fingerprint density at radius 1 is 1.00 bits per heavy atom. The number of piperidine rings is 1. The molecule has 0 amide bonds. The summed E-state index contributed by atoms with van der Waals surface area (Å²) in [6.45, 7) is 4.39. The van der Waals surface area contributed by atoms with Crippen LogP contribution in [0.2, 0.25) is 5.02 Å². The molecule has 202 valence electrons. The van der Waals surface area contributed by atoms with Crippen molar-refractivity contribution in [3.8, 4) is 5.13 Å². The monoisotopic (exact) mass is 584 g/mol. The molecule has 9 heteroatoms.